The molecule has 2 aromatic rings. The fourth-order valence-electron chi connectivity index (χ4n) is 3.30. The van der Waals surface area contributed by atoms with Crippen molar-refractivity contribution >= 4 is 17.4 Å². The zero-order valence-corrected chi connectivity index (χ0v) is 16.7. The number of hydrogen-bond acceptors (Lipinski definition) is 4. The molecule has 0 fully saturated rings. The Labute approximate surface area is 166 Å². The summed E-state index contributed by atoms with van der Waals surface area (Å²) in [4.78, 5) is 12.8. The van der Waals surface area contributed by atoms with Crippen LogP contribution in [-0.4, -0.2) is 36.4 Å². The van der Waals surface area contributed by atoms with E-state index < -0.39 is 0 Å². The van der Waals surface area contributed by atoms with E-state index in [1.54, 1.807) is 12.1 Å². The summed E-state index contributed by atoms with van der Waals surface area (Å²) >= 11 is 0. The molecule has 1 atom stereocenters. The predicted octanol–water partition coefficient (Wildman–Crippen LogP) is 3.79. The number of hydrazone groups is 1. The van der Waals surface area contributed by atoms with Gasteiger partial charge in [0.25, 0.3) is 0 Å². The lowest BCUT2D eigenvalue weighted by Crippen LogP contribution is -2.42. The Kier molecular flexibility index (Phi) is 6.19. The van der Waals surface area contributed by atoms with E-state index in [0.29, 0.717) is 18.7 Å². The molecule has 3 N–H and O–H groups in total. The van der Waals surface area contributed by atoms with Crippen LogP contribution in [0.2, 0.25) is 0 Å². The van der Waals surface area contributed by atoms with Gasteiger partial charge in [-0.15, -0.1) is 0 Å². The van der Waals surface area contributed by atoms with E-state index >= 15 is 0 Å². The number of amides is 2. The summed E-state index contributed by atoms with van der Waals surface area (Å²) in [6.07, 6.45) is 2.68. The van der Waals surface area contributed by atoms with Crippen molar-refractivity contribution in [2.75, 3.05) is 19.4 Å². The molecule has 0 bridgehead atoms. The molecule has 0 spiro atoms. The van der Waals surface area contributed by atoms with Crippen molar-refractivity contribution in [3.05, 3.63) is 59.2 Å². The van der Waals surface area contributed by atoms with E-state index in [-0.39, 0.29) is 12.1 Å². The first kappa shape index (κ1) is 19.7. The highest BCUT2D eigenvalue weighted by Gasteiger charge is 2.27. The van der Waals surface area contributed by atoms with Crippen LogP contribution in [0.5, 0.6) is 5.75 Å². The molecule has 1 heterocycles. The van der Waals surface area contributed by atoms with Crippen LogP contribution < -0.4 is 15.8 Å². The summed E-state index contributed by atoms with van der Waals surface area (Å²) in [7, 11) is 1.65. The van der Waals surface area contributed by atoms with Gasteiger partial charge in [0.05, 0.1) is 18.9 Å². The maximum Gasteiger partial charge on any atom is 0.338 e. The van der Waals surface area contributed by atoms with Crippen LogP contribution in [0.15, 0.2) is 47.6 Å². The monoisotopic (exact) mass is 380 g/mol. The molecule has 148 valence electrons. The Morgan fingerprint density at radius 3 is 2.71 bits per heavy atom. The second-order valence-corrected chi connectivity index (χ2v) is 7.08. The van der Waals surface area contributed by atoms with E-state index in [2.05, 4.69) is 18.3 Å². The van der Waals surface area contributed by atoms with E-state index in [1.807, 2.05) is 43.3 Å². The number of nitrogens with one attached hydrogen (secondary N) is 1. The fraction of sp³-hybridized carbons (Fsp3) is 0.364. The van der Waals surface area contributed by atoms with Crippen molar-refractivity contribution in [2.45, 2.75) is 39.2 Å². The molecule has 1 aliphatic rings. The molecule has 1 aliphatic heterocycles. The highest BCUT2D eigenvalue weighted by atomic mass is 16.5. The fourth-order valence-corrected chi connectivity index (χ4v) is 3.30. The minimum Gasteiger partial charge on any atom is -0.497 e. The van der Waals surface area contributed by atoms with Gasteiger partial charge in [-0.1, -0.05) is 31.5 Å². The number of nitrogen functional groups attached to an aromatic ring is 1. The summed E-state index contributed by atoms with van der Waals surface area (Å²) in [6, 6.07) is 13.3. The lowest BCUT2D eigenvalue weighted by atomic mass is 9.94. The van der Waals surface area contributed by atoms with Gasteiger partial charge in [0.1, 0.15) is 5.75 Å². The number of nitrogens with two attached hydrogens (primary N) is 1. The summed E-state index contributed by atoms with van der Waals surface area (Å²) in [5, 5.41) is 9.33. The molecule has 0 radical (unpaired) electrons. The number of fused-ring (bicyclic) bond motifs is 1. The largest absolute Gasteiger partial charge is 0.497 e. The normalized spacial score (nSPS) is 16.0. The Balaban J connectivity index is 2.06. The number of unbranched alkanes of at least 4 members (excludes halogenated alkanes) is 1. The summed E-state index contributed by atoms with van der Waals surface area (Å²) in [6.45, 7) is 4.76. The van der Waals surface area contributed by atoms with Gasteiger partial charge in [-0.2, -0.15) is 5.10 Å². The van der Waals surface area contributed by atoms with Gasteiger partial charge in [-0.25, -0.2) is 9.80 Å². The molecule has 2 aromatic carbocycles. The number of urea groups is 1. The Bertz CT molecular complexity index is 861. The molecule has 1 unspecified atom stereocenters. The Morgan fingerprint density at radius 1 is 1.29 bits per heavy atom. The smallest absolute Gasteiger partial charge is 0.338 e. The number of ether oxygens (including phenoxy) is 1. The van der Waals surface area contributed by atoms with Gasteiger partial charge in [0.15, 0.2) is 0 Å². The maximum atomic E-state index is 12.8. The standard InChI is InChI=1S/C22H28N4O2/c1-4-5-12-24-22(27)26-15(2)13-17-8-11-19(28-3)14-20(17)21(25-26)16-6-9-18(23)10-7-16/h6-11,14-15H,4-5,12-13,23H2,1-3H3,(H,24,27). The van der Waals surface area contributed by atoms with Crippen molar-refractivity contribution in [3.8, 4) is 5.75 Å². The van der Waals surface area contributed by atoms with Crippen LogP contribution in [0, 0.1) is 0 Å². The number of carbonyl (C=O) groups excluding carboxylic acids is 1. The molecule has 6 nitrogen and oxygen atoms in total. The summed E-state index contributed by atoms with van der Waals surface area (Å²) in [5.74, 6) is 0.760. The molecular weight excluding hydrogens is 352 g/mol. The summed E-state index contributed by atoms with van der Waals surface area (Å²) in [5.41, 5.74) is 10.3. The zero-order valence-electron chi connectivity index (χ0n) is 16.7. The quantitative estimate of drug-likeness (QED) is 0.612. The second-order valence-electron chi connectivity index (χ2n) is 7.08. The van der Waals surface area contributed by atoms with Crippen molar-refractivity contribution in [1.82, 2.24) is 10.3 Å². The molecule has 0 aliphatic carbocycles. The number of hydrogen-bond donors (Lipinski definition) is 2. The molecule has 6 heteroatoms. The van der Waals surface area contributed by atoms with Crippen LogP contribution in [0.25, 0.3) is 0 Å². The number of methoxy groups -OCH3 is 1. The van der Waals surface area contributed by atoms with Gasteiger partial charge in [-0.05, 0) is 49.6 Å². The third-order valence-electron chi connectivity index (χ3n) is 4.91. The molecular formula is C22H28N4O2. The Morgan fingerprint density at radius 2 is 2.04 bits per heavy atom. The maximum absolute atomic E-state index is 12.8. The molecule has 2 amide bonds. The highest BCUT2D eigenvalue weighted by molar-refractivity contribution is 6.14. The first-order valence-electron chi connectivity index (χ1n) is 9.72. The van der Waals surface area contributed by atoms with E-state index in [0.717, 1.165) is 41.0 Å². The number of rotatable bonds is 5. The second kappa shape index (κ2) is 8.78. The van der Waals surface area contributed by atoms with Crippen LogP contribution >= 0.6 is 0 Å². The summed E-state index contributed by atoms with van der Waals surface area (Å²) < 4.78 is 5.42. The number of carbonyl (C=O) groups is 1. The van der Waals surface area contributed by atoms with Crippen molar-refractivity contribution < 1.29 is 9.53 Å². The first-order chi connectivity index (χ1) is 13.5. The number of benzene rings is 2. The van der Waals surface area contributed by atoms with E-state index in [9.17, 15) is 4.79 Å². The third kappa shape index (κ3) is 4.27. The van der Waals surface area contributed by atoms with Crippen molar-refractivity contribution in [3.63, 3.8) is 0 Å². The zero-order chi connectivity index (χ0) is 20.1. The van der Waals surface area contributed by atoms with E-state index in [1.165, 1.54) is 0 Å². The van der Waals surface area contributed by atoms with Gasteiger partial charge < -0.3 is 15.8 Å². The predicted molar refractivity (Wildman–Crippen MR) is 113 cm³/mol. The molecule has 3 rings (SSSR count). The van der Waals surface area contributed by atoms with Crippen LogP contribution in [0.1, 0.15) is 43.4 Å². The topological polar surface area (TPSA) is 80.0 Å². The molecule has 0 saturated heterocycles. The molecule has 28 heavy (non-hydrogen) atoms. The number of nitrogens with zero attached hydrogens (tertiary/aromatic N) is 2. The highest BCUT2D eigenvalue weighted by Crippen LogP contribution is 2.27. The minimum atomic E-state index is -0.173. The average Bonchev–Trinajstić information content (AvgIpc) is 2.84. The molecule has 0 saturated carbocycles. The molecule has 0 aromatic heterocycles. The van der Waals surface area contributed by atoms with Crippen LogP contribution in [0.3, 0.4) is 0 Å². The van der Waals surface area contributed by atoms with Gasteiger partial charge in [0, 0.05) is 23.4 Å². The van der Waals surface area contributed by atoms with Gasteiger partial charge >= 0.3 is 6.03 Å². The minimum absolute atomic E-state index is 0.0694. The van der Waals surface area contributed by atoms with Crippen molar-refractivity contribution in [1.29, 1.82) is 0 Å². The van der Waals surface area contributed by atoms with Crippen LogP contribution in [0.4, 0.5) is 10.5 Å². The van der Waals surface area contributed by atoms with Crippen molar-refractivity contribution in [2.24, 2.45) is 5.10 Å². The van der Waals surface area contributed by atoms with Crippen LogP contribution in [-0.2, 0) is 6.42 Å². The Hall–Kier alpha value is -3.02. The number of anilines is 1. The lowest BCUT2D eigenvalue weighted by Gasteiger charge is -2.23. The third-order valence-corrected chi connectivity index (χ3v) is 4.91. The van der Waals surface area contributed by atoms with Gasteiger partial charge in [0.2, 0.25) is 0 Å². The lowest BCUT2D eigenvalue weighted by molar-refractivity contribution is 0.182. The van der Waals surface area contributed by atoms with Gasteiger partial charge in [-0.3, -0.25) is 0 Å². The SMILES string of the molecule is CCCCNC(=O)N1N=C(c2ccc(N)cc2)c2cc(OC)ccc2CC1C. The van der Waals surface area contributed by atoms with E-state index in [4.69, 9.17) is 15.6 Å². The first-order valence-corrected chi connectivity index (χ1v) is 9.72. The average molecular weight is 380 g/mol.